The molecule has 1 rings (SSSR count). The monoisotopic (exact) mass is 165 g/mol. The lowest BCUT2D eigenvalue weighted by Gasteiger charge is -1.99. The maximum Gasteiger partial charge on any atom is 0.578 e. The number of aromatic nitrogens is 4. The van der Waals surface area contributed by atoms with Crippen LogP contribution in [0.1, 0.15) is 5.82 Å². The van der Waals surface area contributed by atoms with E-state index in [-0.39, 0.29) is 0 Å². The number of halogens is 2. The number of nitrogens with one attached hydrogen (secondary N) is 1. The van der Waals surface area contributed by atoms with E-state index in [9.17, 15) is 18.9 Å². The molecule has 0 atom stereocenters. The fraction of sp³-hybridized carbons (Fsp3) is 0.500. The minimum atomic E-state index is -4.27. The van der Waals surface area contributed by atoms with Crippen LogP contribution in [-0.4, -0.2) is 25.5 Å². The molecule has 7 nitrogen and oxygen atoms in total. The third-order valence-corrected chi connectivity index (χ3v) is 0.844. The van der Waals surface area contributed by atoms with E-state index >= 15 is 0 Å². The molecule has 1 heterocycles. The minimum absolute atomic E-state index is 1.25. The number of hydrogen-bond donors (Lipinski definition) is 1. The molecular weight excluding hydrogens is 164 g/mol. The van der Waals surface area contributed by atoms with E-state index in [4.69, 9.17) is 0 Å². The van der Waals surface area contributed by atoms with Crippen LogP contribution in [-0.2, 0) is 6.05 Å². The number of rotatable bonds is 2. The van der Waals surface area contributed by atoms with Gasteiger partial charge >= 0.3 is 11.9 Å². The second-order valence-electron chi connectivity index (χ2n) is 1.53. The highest BCUT2D eigenvalue weighted by molar-refractivity contribution is 4.82. The van der Waals surface area contributed by atoms with Crippen molar-refractivity contribution in [2.45, 2.75) is 6.05 Å². The van der Waals surface area contributed by atoms with Gasteiger partial charge in [0.25, 0.3) is 0 Å². The number of H-pyrrole nitrogens is 1. The highest BCUT2D eigenvalue weighted by Gasteiger charge is 2.51. The van der Waals surface area contributed by atoms with Gasteiger partial charge in [-0.1, -0.05) is 5.10 Å². The van der Waals surface area contributed by atoms with E-state index in [0.717, 1.165) is 0 Å². The van der Waals surface area contributed by atoms with Crippen molar-refractivity contribution < 1.29 is 13.7 Å². The van der Waals surface area contributed by atoms with Gasteiger partial charge in [-0.2, -0.15) is 5.21 Å². The summed E-state index contributed by atoms with van der Waals surface area (Å²) in [6.07, 6.45) is 0. The molecule has 0 aliphatic rings. The quantitative estimate of drug-likeness (QED) is 0.362. The molecule has 11 heavy (non-hydrogen) atoms. The zero-order valence-corrected chi connectivity index (χ0v) is 4.86. The topological polar surface area (TPSA) is 97.6 Å². The normalized spacial score (nSPS) is 11.5. The van der Waals surface area contributed by atoms with Gasteiger partial charge in [0.05, 0.1) is 0 Å². The zero-order valence-electron chi connectivity index (χ0n) is 4.86. The lowest BCUT2D eigenvalue weighted by molar-refractivity contribution is -0.658. The summed E-state index contributed by atoms with van der Waals surface area (Å²) in [6.45, 7) is 0. The van der Waals surface area contributed by atoms with Gasteiger partial charge in [0.15, 0.2) is 0 Å². The fourth-order valence-corrected chi connectivity index (χ4v) is 0.371. The second-order valence-corrected chi connectivity index (χ2v) is 1.53. The number of nitro groups is 1. The highest BCUT2D eigenvalue weighted by Crippen LogP contribution is 2.23. The molecule has 1 aromatic heterocycles. The van der Waals surface area contributed by atoms with Crippen LogP contribution in [0.4, 0.5) is 8.78 Å². The third kappa shape index (κ3) is 1.11. The van der Waals surface area contributed by atoms with Gasteiger partial charge in [-0.15, -0.1) is 13.9 Å². The van der Waals surface area contributed by atoms with E-state index in [1.54, 1.807) is 5.21 Å². The molecular formula is C2HF2N5O2. The van der Waals surface area contributed by atoms with E-state index in [0.29, 0.717) is 0 Å². The summed E-state index contributed by atoms with van der Waals surface area (Å²) < 4.78 is 24.5. The van der Waals surface area contributed by atoms with Crippen LogP contribution in [0.3, 0.4) is 0 Å². The molecule has 0 saturated carbocycles. The van der Waals surface area contributed by atoms with Crippen molar-refractivity contribution >= 4 is 0 Å². The Morgan fingerprint density at radius 2 is 2.27 bits per heavy atom. The Bertz CT molecular complexity index is 257. The number of alkyl halides is 2. The smallest absolute Gasteiger partial charge is 0.259 e. The number of nitrogens with zero attached hydrogens (tertiary/aromatic N) is 4. The van der Waals surface area contributed by atoms with E-state index in [1.807, 2.05) is 0 Å². The molecule has 0 spiro atoms. The van der Waals surface area contributed by atoms with Crippen LogP contribution >= 0.6 is 0 Å². The van der Waals surface area contributed by atoms with Crippen molar-refractivity contribution in [1.82, 2.24) is 20.6 Å². The van der Waals surface area contributed by atoms with Crippen molar-refractivity contribution in [2.75, 3.05) is 0 Å². The van der Waals surface area contributed by atoms with Gasteiger partial charge in [-0.3, -0.25) is 10.1 Å². The first-order chi connectivity index (χ1) is 5.05. The van der Waals surface area contributed by atoms with Gasteiger partial charge in [0, 0.05) is 0 Å². The first kappa shape index (κ1) is 7.44. The van der Waals surface area contributed by atoms with Crippen molar-refractivity contribution in [3.63, 3.8) is 0 Å². The predicted octanol–water partition coefficient (Wildman–Crippen LogP) is -0.474. The maximum atomic E-state index is 12.2. The lowest BCUT2D eigenvalue weighted by Crippen LogP contribution is -2.26. The molecule has 0 unspecified atom stereocenters. The SMILES string of the molecule is O=[N+]([O-])C(F)(F)c1nn[nH]n1. The van der Waals surface area contributed by atoms with Crippen LogP contribution in [0, 0.1) is 10.1 Å². The molecule has 0 saturated heterocycles. The molecule has 0 bridgehead atoms. The Labute approximate surface area is 57.6 Å². The van der Waals surface area contributed by atoms with E-state index in [2.05, 4.69) is 15.4 Å². The van der Waals surface area contributed by atoms with Crippen molar-refractivity contribution in [1.29, 1.82) is 0 Å². The van der Waals surface area contributed by atoms with Crippen LogP contribution in [0.25, 0.3) is 0 Å². The average molecular weight is 165 g/mol. The van der Waals surface area contributed by atoms with Crippen molar-refractivity contribution in [3.8, 4) is 0 Å². The summed E-state index contributed by atoms with van der Waals surface area (Å²) in [5, 5.41) is 19.6. The Hall–Kier alpha value is -1.67. The Morgan fingerprint density at radius 1 is 1.64 bits per heavy atom. The zero-order chi connectivity index (χ0) is 8.48. The van der Waals surface area contributed by atoms with E-state index in [1.165, 1.54) is 0 Å². The molecule has 0 fully saturated rings. The molecule has 0 aliphatic carbocycles. The third-order valence-electron chi connectivity index (χ3n) is 0.844. The van der Waals surface area contributed by atoms with Gasteiger partial charge in [0.1, 0.15) is 4.92 Å². The summed E-state index contributed by atoms with van der Waals surface area (Å²) in [4.78, 5) is 7.86. The molecule has 1 aromatic rings. The summed E-state index contributed by atoms with van der Waals surface area (Å²) in [5.41, 5.74) is 0. The summed E-state index contributed by atoms with van der Waals surface area (Å²) in [6, 6.07) is -4.27. The van der Waals surface area contributed by atoms with Crippen LogP contribution in [0.2, 0.25) is 0 Å². The summed E-state index contributed by atoms with van der Waals surface area (Å²) >= 11 is 0. The first-order valence-electron chi connectivity index (χ1n) is 2.31. The fourth-order valence-electron chi connectivity index (χ4n) is 0.371. The number of aromatic amines is 1. The Morgan fingerprint density at radius 3 is 2.64 bits per heavy atom. The number of hydrogen-bond acceptors (Lipinski definition) is 5. The summed E-state index contributed by atoms with van der Waals surface area (Å²) in [5.74, 6) is -1.25. The van der Waals surface area contributed by atoms with Gasteiger partial charge < -0.3 is 0 Å². The standard InChI is InChI=1S/C2HF2N5O2/c3-2(4,9(10)11)1-5-7-8-6-1/h(H,5,6,7,8). The van der Waals surface area contributed by atoms with Crippen molar-refractivity contribution in [3.05, 3.63) is 15.9 Å². The van der Waals surface area contributed by atoms with Gasteiger partial charge in [-0.05, 0) is 5.21 Å². The molecule has 9 heteroatoms. The van der Waals surface area contributed by atoms with Crippen LogP contribution < -0.4 is 0 Å². The molecule has 0 amide bonds. The van der Waals surface area contributed by atoms with E-state index < -0.39 is 16.8 Å². The van der Waals surface area contributed by atoms with Crippen LogP contribution in [0.5, 0.6) is 0 Å². The Balaban J connectivity index is 3.00. The molecule has 60 valence electrons. The second kappa shape index (κ2) is 2.18. The molecule has 0 radical (unpaired) electrons. The van der Waals surface area contributed by atoms with Gasteiger partial charge in [-0.25, -0.2) is 0 Å². The van der Waals surface area contributed by atoms with Gasteiger partial charge in [0.2, 0.25) is 0 Å². The largest absolute Gasteiger partial charge is 0.578 e. The lowest BCUT2D eigenvalue weighted by atomic mass is 10.5. The maximum absolute atomic E-state index is 12.2. The first-order valence-corrected chi connectivity index (χ1v) is 2.31. The number of tetrazole rings is 1. The highest BCUT2D eigenvalue weighted by atomic mass is 19.3. The predicted molar refractivity (Wildman–Crippen MR) is 25.1 cm³/mol. The molecule has 0 aliphatic heterocycles. The Kier molecular flexibility index (Phi) is 1.47. The molecule has 1 N–H and O–H groups in total. The molecule has 0 aromatic carbocycles. The van der Waals surface area contributed by atoms with Crippen LogP contribution in [0.15, 0.2) is 0 Å². The minimum Gasteiger partial charge on any atom is -0.259 e. The van der Waals surface area contributed by atoms with Crippen molar-refractivity contribution in [2.24, 2.45) is 0 Å². The average Bonchev–Trinajstić information content (AvgIpc) is 2.37. The summed E-state index contributed by atoms with van der Waals surface area (Å²) in [7, 11) is 0.